The molecule has 0 aliphatic rings. The summed E-state index contributed by atoms with van der Waals surface area (Å²) in [5.41, 5.74) is 5.93. The minimum atomic E-state index is -0.0944. The Bertz CT molecular complexity index is 1410. The lowest BCUT2D eigenvalue weighted by molar-refractivity contribution is 0.101. The summed E-state index contributed by atoms with van der Waals surface area (Å²) in [7, 11) is 4.13. The highest BCUT2D eigenvalue weighted by Gasteiger charge is 2.30. The van der Waals surface area contributed by atoms with Gasteiger partial charge < -0.3 is 14.8 Å². The fourth-order valence-corrected chi connectivity index (χ4v) is 4.93. The van der Waals surface area contributed by atoms with Gasteiger partial charge in [-0.3, -0.25) is 4.79 Å². The number of nitrogens with one attached hydrogen (secondary N) is 1. The van der Waals surface area contributed by atoms with Gasteiger partial charge in [0, 0.05) is 41.2 Å². The molecule has 5 heteroatoms. The summed E-state index contributed by atoms with van der Waals surface area (Å²) in [6.07, 6.45) is 0. The van der Waals surface area contributed by atoms with Crippen molar-refractivity contribution in [1.29, 1.82) is 0 Å². The molecule has 4 aromatic carbocycles. The van der Waals surface area contributed by atoms with Gasteiger partial charge in [-0.2, -0.15) is 0 Å². The van der Waals surface area contributed by atoms with Crippen LogP contribution in [-0.2, 0) is 6.54 Å². The molecule has 0 atom stereocenters. The van der Waals surface area contributed by atoms with Crippen LogP contribution in [-0.4, -0.2) is 36.0 Å². The molecule has 0 aliphatic heterocycles. The van der Waals surface area contributed by atoms with Crippen molar-refractivity contribution >= 4 is 34.9 Å². The Morgan fingerprint density at radius 3 is 1.84 bits per heavy atom. The maximum absolute atomic E-state index is 14.1. The first-order valence-electron chi connectivity index (χ1n) is 12.4. The molecule has 0 spiro atoms. The third-order valence-corrected chi connectivity index (χ3v) is 6.58. The average molecular weight is 510 g/mol. The Morgan fingerprint density at radius 1 is 0.757 bits per heavy atom. The molecule has 4 nitrogen and oxygen atoms in total. The van der Waals surface area contributed by atoms with Crippen LogP contribution in [0, 0.1) is 0 Å². The third-order valence-electron chi connectivity index (χ3n) is 6.58. The van der Waals surface area contributed by atoms with Crippen LogP contribution >= 0.6 is 12.4 Å². The number of carbonyl (C=O) groups is 1. The Hall–Kier alpha value is -3.86. The predicted octanol–water partition coefficient (Wildman–Crippen LogP) is 7.06. The molecule has 37 heavy (non-hydrogen) atoms. The molecule has 5 rings (SSSR count). The highest BCUT2D eigenvalue weighted by atomic mass is 35.5. The minimum absolute atomic E-state index is 0. The monoisotopic (exact) mass is 509 g/mol. The van der Waals surface area contributed by atoms with E-state index in [1.807, 2.05) is 42.5 Å². The van der Waals surface area contributed by atoms with Gasteiger partial charge in [0.05, 0.1) is 0 Å². The summed E-state index contributed by atoms with van der Waals surface area (Å²) in [6, 6.07) is 39.0. The maximum Gasteiger partial charge on any atom is 0.272 e. The molecule has 1 aromatic heterocycles. The quantitative estimate of drug-likeness (QED) is 0.243. The second kappa shape index (κ2) is 11.9. The van der Waals surface area contributed by atoms with Crippen molar-refractivity contribution in [3.8, 4) is 0 Å². The highest BCUT2D eigenvalue weighted by molar-refractivity contribution is 6.09. The van der Waals surface area contributed by atoms with Crippen molar-refractivity contribution in [2.45, 2.75) is 12.5 Å². The largest absolute Gasteiger partial charge is 0.335 e. The van der Waals surface area contributed by atoms with Crippen LogP contribution in [0.15, 0.2) is 115 Å². The first-order valence-corrected chi connectivity index (χ1v) is 12.4. The number of hydrogen-bond donors (Lipinski definition) is 1. The molecule has 5 aromatic rings. The predicted molar refractivity (Wildman–Crippen MR) is 156 cm³/mol. The SMILES string of the molecule is CN(C)CCn1c(C(=O)Nc2ccccc2)c(C(c2ccccc2)c2ccccc2)c2ccccc21.Cl. The number of aromatic nitrogens is 1. The summed E-state index contributed by atoms with van der Waals surface area (Å²) in [6.45, 7) is 1.53. The Balaban J connectivity index is 0.00000320. The number of benzene rings is 4. The number of rotatable bonds is 8. The van der Waals surface area contributed by atoms with Crippen molar-refractivity contribution in [2.24, 2.45) is 0 Å². The number of para-hydroxylation sites is 2. The van der Waals surface area contributed by atoms with Crippen molar-refractivity contribution in [2.75, 3.05) is 26.0 Å². The van der Waals surface area contributed by atoms with E-state index in [0.717, 1.165) is 39.8 Å². The average Bonchev–Trinajstić information content (AvgIpc) is 3.23. The van der Waals surface area contributed by atoms with E-state index in [-0.39, 0.29) is 24.2 Å². The van der Waals surface area contributed by atoms with Crippen LogP contribution in [0.5, 0.6) is 0 Å². The molecule has 0 saturated carbocycles. The number of nitrogens with zero attached hydrogens (tertiary/aromatic N) is 2. The lowest BCUT2D eigenvalue weighted by Gasteiger charge is -2.21. The van der Waals surface area contributed by atoms with Crippen molar-refractivity contribution in [1.82, 2.24) is 9.47 Å². The third kappa shape index (κ3) is 5.61. The van der Waals surface area contributed by atoms with E-state index >= 15 is 0 Å². The van der Waals surface area contributed by atoms with Gasteiger partial charge in [-0.25, -0.2) is 0 Å². The fraction of sp³-hybridized carbons (Fsp3) is 0.156. The van der Waals surface area contributed by atoms with Gasteiger partial charge in [-0.1, -0.05) is 97.1 Å². The van der Waals surface area contributed by atoms with Crippen LogP contribution in [0.4, 0.5) is 5.69 Å². The van der Waals surface area contributed by atoms with Crippen LogP contribution in [0.25, 0.3) is 10.9 Å². The molecule has 0 bridgehead atoms. The zero-order valence-corrected chi connectivity index (χ0v) is 22.0. The van der Waals surface area contributed by atoms with Crippen molar-refractivity contribution < 1.29 is 4.79 Å². The number of fused-ring (bicyclic) bond motifs is 1. The summed E-state index contributed by atoms with van der Waals surface area (Å²) < 4.78 is 2.20. The molecular weight excluding hydrogens is 478 g/mol. The van der Waals surface area contributed by atoms with E-state index in [4.69, 9.17) is 0 Å². The van der Waals surface area contributed by atoms with Crippen molar-refractivity contribution in [3.63, 3.8) is 0 Å². The zero-order valence-electron chi connectivity index (χ0n) is 21.2. The number of amides is 1. The summed E-state index contributed by atoms with van der Waals surface area (Å²) in [5.74, 6) is -0.183. The Morgan fingerprint density at radius 2 is 1.27 bits per heavy atom. The standard InChI is InChI=1S/C32H31N3O.ClH/c1-34(2)22-23-35-28-21-13-12-20-27(28)30(31(35)32(36)33-26-18-10-5-11-19-26)29(24-14-6-3-7-15-24)25-16-8-4-9-17-25;/h3-21,29H,22-23H2,1-2H3,(H,33,36);1H. The fourth-order valence-electron chi connectivity index (χ4n) is 4.93. The molecule has 0 unspecified atom stereocenters. The maximum atomic E-state index is 14.1. The molecule has 188 valence electrons. The second-order valence-corrected chi connectivity index (χ2v) is 9.31. The van der Waals surface area contributed by atoms with Crippen molar-refractivity contribution in [3.05, 3.63) is 138 Å². The van der Waals surface area contributed by atoms with E-state index in [0.29, 0.717) is 12.2 Å². The molecule has 0 fully saturated rings. The van der Waals surface area contributed by atoms with E-state index in [2.05, 4.69) is 102 Å². The second-order valence-electron chi connectivity index (χ2n) is 9.31. The van der Waals surface area contributed by atoms with Crippen LogP contribution in [0.2, 0.25) is 0 Å². The van der Waals surface area contributed by atoms with Gasteiger partial charge in [-0.05, 0) is 43.4 Å². The van der Waals surface area contributed by atoms with Gasteiger partial charge in [0.25, 0.3) is 5.91 Å². The zero-order chi connectivity index (χ0) is 24.9. The Kier molecular flexibility index (Phi) is 8.44. The lowest BCUT2D eigenvalue weighted by atomic mass is 9.83. The smallest absolute Gasteiger partial charge is 0.272 e. The van der Waals surface area contributed by atoms with Crippen LogP contribution < -0.4 is 5.32 Å². The normalized spacial score (nSPS) is 11.0. The first kappa shape index (κ1) is 26.2. The number of likely N-dealkylation sites (N-methyl/N-ethyl adjacent to an activating group) is 1. The minimum Gasteiger partial charge on any atom is -0.335 e. The summed E-state index contributed by atoms with van der Waals surface area (Å²) in [5, 5.41) is 4.28. The molecule has 0 radical (unpaired) electrons. The lowest BCUT2D eigenvalue weighted by Crippen LogP contribution is -2.24. The van der Waals surface area contributed by atoms with E-state index < -0.39 is 0 Å². The summed E-state index contributed by atoms with van der Waals surface area (Å²) >= 11 is 0. The Labute approximate surface area is 225 Å². The van der Waals surface area contributed by atoms with Gasteiger partial charge in [0.1, 0.15) is 5.69 Å². The number of carbonyl (C=O) groups excluding carboxylic acids is 1. The van der Waals surface area contributed by atoms with E-state index in [9.17, 15) is 4.79 Å². The molecular formula is C32H32ClN3O. The van der Waals surface area contributed by atoms with E-state index in [1.165, 1.54) is 0 Å². The topological polar surface area (TPSA) is 37.3 Å². The number of hydrogen-bond acceptors (Lipinski definition) is 2. The van der Waals surface area contributed by atoms with Crippen LogP contribution in [0.3, 0.4) is 0 Å². The molecule has 0 saturated heterocycles. The van der Waals surface area contributed by atoms with Gasteiger partial charge in [-0.15, -0.1) is 12.4 Å². The van der Waals surface area contributed by atoms with Gasteiger partial charge in [0.2, 0.25) is 0 Å². The first-order chi connectivity index (χ1) is 17.6. The van der Waals surface area contributed by atoms with Gasteiger partial charge >= 0.3 is 0 Å². The van der Waals surface area contributed by atoms with E-state index in [1.54, 1.807) is 0 Å². The molecule has 0 aliphatic carbocycles. The van der Waals surface area contributed by atoms with Gasteiger partial charge in [0.15, 0.2) is 0 Å². The molecule has 1 N–H and O–H groups in total. The molecule has 1 heterocycles. The van der Waals surface area contributed by atoms with Crippen LogP contribution in [0.1, 0.15) is 33.1 Å². The number of anilines is 1. The highest BCUT2D eigenvalue weighted by Crippen LogP contribution is 2.40. The summed E-state index contributed by atoms with van der Waals surface area (Å²) in [4.78, 5) is 16.2. The molecule has 1 amide bonds. The number of halogens is 1.